The van der Waals surface area contributed by atoms with Gasteiger partial charge in [0.25, 0.3) is 0 Å². The fraction of sp³-hybridized carbons (Fsp3) is 0.900. The lowest BCUT2D eigenvalue weighted by molar-refractivity contribution is -0.161. The van der Waals surface area contributed by atoms with Gasteiger partial charge in [-0.1, -0.05) is 0 Å². The molecule has 0 aromatic rings. The van der Waals surface area contributed by atoms with E-state index in [1.807, 2.05) is 0 Å². The van der Waals surface area contributed by atoms with Crippen LogP contribution in [0.25, 0.3) is 0 Å². The van der Waals surface area contributed by atoms with Gasteiger partial charge in [0.2, 0.25) is 0 Å². The fourth-order valence-electron chi connectivity index (χ4n) is 1.43. The molecule has 2 N–H and O–H groups in total. The Labute approximate surface area is 90.4 Å². The molecule has 0 spiro atoms. The van der Waals surface area contributed by atoms with Gasteiger partial charge in [-0.15, -0.1) is 0 Å². The molecule has 1 aliphatic rings. The smallest absolute Gasteiger partial charge is 0.335 e. The Morgan fingerprint density at radius 3 is 2.60 bits per heavy atom. The van der Waals surface area contributed by atoms with E-state index < -0.39 is 11.6 Å². The maximum atomic E-state index is 10.8. The van der Waals surface area contributed by atoms with E-state index in [0.717, 1.165) is 32.7 Å². The highest BCUT2D eigenvalue weighted by molar-refractivity contribution is 5.76. The van der Waals surface area contributed by atoms with Crippen LogP contribution in [0, 0.1) is 0 Å². The van der Waals surface area contributed by atoms with Crippen molar-refractivity contribution in [3.8, 4) is 0 Å². The first-order valence-electron chi connectivity index (χ1n) is 5.33. The lowest BCUT2D eigenvalue weighted by atomic mass is 10.1. The summed E-state index contributed by atoms with van der Waals surface area (Å²) in [7, 11) is 0. The largest absolute Gasteiger partial charge is 0.479 e. The molecule has 0 aromatic carbocycles. The molecule has 0 atom stereocenters. The standard InChI is InChI=1S/C10H20N2O3/c1-10(2,9(13)14)15-8-7-12-5-3-11-4-6-12/h11H,3-8H2,1-2H3,(H,13,14). The molecule has 0 aliphatic carbocycles. The topological polar surface area (TPSA) is 61.8 Å². The third-order valence-electron chi connectivity index (χ3n) is 2.60. The number of carbonyl (C=O) groups is 1. The van der Waals surface area contributed by atoms with Crippen LogP contribution >= 0.6 is 0 Å². The van der Waals surface area contributed by atoms with E-state index in [4.69, 9.17) is 9.84 Å². The number of nitrogens with one attached hydrogen (secondary N) is 1. The van der Waals surface area contributed by atoms with Crippen LogP contribution in [0.5, 0.6) is 0 Å². The first-order chi connectivity index (χ1) is 7.02. The van der Waals surface area contributed by atoms with E-state index >= 15 is 0 Å². The number of rotatable bonds is 5. The zero-order chi connectivity index (χ0) is 11.3. The maximum Gasteiger partial charge on any atom is 0.335 e. The number of hydrogen-bond donors (Lipinski definition) is 2. The molecule has 5 nitrogen and oxygen atoms in total. The number of piperazine rings is 1. The first-order valence-corrected chi connectivity index (χ1v) is 5.33. The van der Waals surface area contributed by atoms with Crippen molar-refractivity contribution in [1.82, 2.24) is 10.2 Å². The summed E-state index contributed by atoms with van der Waals surface area (Å²) in [4.78, 5) is 13.0. The predicted molar refractivity (Wildman–Crippen MR) is 57.0 cm³/mol. The van der Waals surface area contributed by atoms with E-state index in [1.54, 1.807) is 13.8 Å². The molecule has 88 valence electrons. The van der Waals surface area contributed by atoms with Crippen LogP contribution in [0.3, 0.4) is 0 Å². The van der Waals surface area contributed by atoms with Crippen LogP contribution < -0.4 is 5.32 Å². The molecule has 0 saturated carbocycles. The molecule has 1 heterocycles. The summed E-state index contributed by atoms with van der Waals surface area (Å²) in [5.74, 6) is -0.914. The number of aliphatic carboxylic acids is 1. The second-order valence-electron chi connectivity index (χ2n) is 4.26. The Bertz CT molecular complexity index is 213. The lowest BCUT2D eigenvalue weighted by Crippen LogP contribution is -2.45. The van der Waals surface area contributed by atoms with Crippen LogP contribution in [0.1, 0.15) is 13.8 Å². The quantitative estimate of drug-likeness (QED) is 0.665. The van der Waals surface area contributed by atoms with E-state index in [0.29, 0.717) is 6.61 Å². The third kappa shape index (κ3) is 4.15. The molecule has 1 aliphatic heterocycles. The maximum absolute atomic E-state index is 10.8. The minimum Gasteiger partial charge on any atom is -0.479 e. The Morgan fingerprint density at radius 2 is 2.07 bits per heavy atom. The third-order valence-corrected chi connectivity index (χ3v) is 2.60. The summed E-state index contributed by atoms with van der Waals surface area (Å²) in [5.41, 5.74) is -1.08. The van der Waals surface area contributed by atoms with Gasteiger partial charge >= 0.3 is 5.97 Å². The van der Waals surface area contributed by atoms with Gasteiger partial charge in [0.1, 0.15) is 0 Å². The summed E-state index contributed by atoms with van der Waals surface area (Å²) in [5, 5.41) is 12.1. The number of hydrogen-bond acceptors (Lipinski definition) is 4. The Hall–Kier alpha value is -0.650. The van der Waals surface area contributed by atoms with Crippen molar-refractivity contribution in [2.45, 2.75) is 19.4 Å². The van der Waals surface area contributed by atoms with Crippen LogP contribution in [0.15, 0.2) is 0 Å². The summed E-state index contributed by atoms with van der Waals surface area (Å²) in [6.07, 6.45) is 0. The molecular formula is C10H20N2O3. The number of carboxylic acid groups (broad SMARTS) is 1. The summed E-state index contributed by atoms with van der Waals surface area (Å²) in [6.45, 7) is 8.45. The SMILES string of the molecule is CC(C)(OCCN1CCNCC1)C(=O)O. The number of carboxylic acids is 1. The van der Waals surface area contributed by atoms with Crippen LogP contribution in [0.2, 0.25) is 0 Å². The Balaban J connectivity index is 2.17. The average molecular weight is 216 g/mol. The predicted octanol–water partition coefficient (Wildman–Crippen LogP) is -0.229. The molecule has 5 heteroatoms. The minimum atomic E-state index is -1.08. The highest BCUT2D eigenvalue weighted by atomic mass is 16.5. The Morgan fingerprint density at radius 1 is 1.47 bits per heavy atom. The molecule has 0 amide bonds. The molecule has 0 radical (unpaired) electrons. The van der Waals surface area contributed by atoms with Crippen molar-refractivity contribution in [3.05, 3.63) is 0 Å². The monoisotopic (exact) mass is 216 g/mol. The zero-order valence-electron chi connectivity index (χ0n) is 9.45. The van der Waals surface area contributed by atoms with E-state index in [1.165, 1.54) is 0 Å². The van der Waals surface area contributed by atoms with Crippen LogP contribution in [-0.4, -0.2) is 60.9 Å². The molecule has 0 aromatic heterocycles. The van der Waals surface area contributed by atoms with Crippen molar-refractivity contribution in [1.29, 1.82) is 0 Å². The van der Waals surface area contributed by atoms with Crippen molar-refractivity contribution in [2.24, 2.45) is 0 Å². The van der Waals surface area contributed by atoms with Gasteiger partial charge in [-0.3, -0.25) is 4.90 Å². The molecular weight excluding hydrogens is 196 g/mol. The average Bonchev–Trinajstić information content (AvgIpc) is 2.19. The van der Waals surface area contributed by atoms with Gasteiger partial charge in [-0.25, -0.2) is 4.79 Å². The van der Waals surface area contributed by atoms with Gasteiger partial charge in [0.05, 0.1) is 6.61 Å². The molecule has 0 unspecified atom stereocenters. The van der Waals surface area contributed by atoms with Gasteiger partial charge < -0.3 is 15.2 Å². The van der Waals surface area contributed by atoms with Gasteiger partial charge in [0, 0.05) is 32.7 Å². The number of ether oxygens (including phenoxy) is 1. The summed E-state index contributed by atoms with van der Waals surface area (Å²) in [6, 6.07) is 0. The first kappa shape index (κ1) is 12.4. The zero-order valence-corrected chi connectivity index (χ0v) is 9.45. The molecule has 1 fully saturated rings. The summed E-state index contributed by atoms with van der Waals surface area (Å²) < 4.78 is 5.33. The highest BCUT2D eigenvalue weighted by Crippen LogP contribution is 2.08. The van der Waals surface area contributed by atoms with E-state index in [-0.39, 0.29) is 0 Å². The minimum absolute atomic E-state index is 0.472. The number of nitrogens with zero attached hydrogens (tertiary/aromatic N) is 1. The van der Waals surface area contributed by atoms with E-state index in [9.17, 15) is 4.79 Å². The van der Waals surface area contributed by atoms with Gasteiger partial charge in [0.15, 0.2) is 5.60 Å². The van der Waals surface area contributed by atoms with Crippen molar-refractivity contribution < 1.29 is 14.6 Å². The summed E-state index contributed by atoms with van der Waals surface area (Å²) >= 11 is 0. The van der Waals surface area contributed by atoms with Crippen LogP contribution in [-0.2, 0) is 9.53 Å². The molecule has 0 bridgehead atoms. The lowest BCUT2D eigenvalue weighted by Gasteiger charge is -2.28. The van der Waals surface area contributed by atoms with Crippen molar-refractivity contribution >= 4 is 5.97 Å². The van der Waals surface area contributed by atoms with Crippen LogP contribution in [0.4, 0.5) is 0 Å². The highest BCUT2D eigenvalue weighted by Gasteiger charge is 2.27. The van der Waals surface area contributed by atoms with Crippen molar-refractivity contribution in [2.75, 3.05) is 39.3 Å². The van der Waals surface area contributed by atoms with Crippen molar-refractivity contribution in [3.63, 3.8) is 0 Å². The van der Waals surface area contributed by atoms with E-state index in [2.05, 4.69) is 10.2 Å². The Kier molecular flexibility index (Phi) is 4.50. The fourth-order valence-corrected chi connectivity index (χ4v) is 1.43. The molecule has 15 heavy (non-hydrogen) atoms. The van der Waals surface area contributed by atoms with Gasteiger partial charge in [-0.2, -0.15) is 0 Å². The second-order valence-corrected chi connectivity index (χ2v) is 4.26. The van der Waals surface area contributed by atoms with Gasteiger partial charge in [-0.05, 0) is 13.8 Å². The molecule has 1 saturated heterocycles. The molecule has 1 rings (SSSR count). The normalized spacial score (nSPS) is 19.1. The second kappa shape index (κ2) is 5.44.